The number of ether oxygens (including phenoxy) is 2. The van der Waals surface area contributed by atoms with E-state index in [9.17, 15) is 18.4 Å². The Morgan fingerprint density at radius 3 is 2.25 bits per heavy atom. The lowest BCUT2D eigenvalue weighted by Gasteiger charge is -2.37. The first-order valence-electron chi connectivity index (χ1n) is 9.28. The van der Waals surface area contributed by atoms with Gasteiger partial charge in [0.1, 0.15) is 11.6 Å². The Kier molecular flexibility index (Phi) is 6.58. The van der Waals surface area contributed by atoms with E-state index in [1.54, 1.807) is 14.2 Å². The molecule has 2 saturated heterocycles. The molecule has 1 atom stereocenters. The average molecular weight is 397 g/mol. The van der Waals surface area contributed by atoms with E-state index >= 15 is 0 Å². The van der Waals surface area contributed by atoms with E-state index in [4.69, 9.17) is 9.47 Å². The second-order valence-electron chi connectivity index (χ2n) is 7.02. The Hall–Kier alpha value is -2.10. The van der Waals surface area contributed by atoms with Crippen molar-refractivity contribution in [2.75, 3.05) is 51.8 Å². The van der Waals surface area contributed by atoms with Crippen LogP contribution in [0.1, 0.15) is 24.3 Å². The van der Waals surface area contributed by atoms with Crippen LogP contribution in [0.5, 0.6) is 0 Å². The maximum Gasteiger partial charge on any atom is 0.234 e. The number of rotatable bonds is 6. The van der Waals surface area contributed by atoms with Gasteiger partial charge in [-0.05, 0) is 18.6 Å². The van der Waals surface area contributed by atoms with E-state index < -0.39 is 29.4 Å². The molecule has 0 unspecified atom stereocenters. The molecule has 3 rings (SSSR count). The Labute approximate surface area is 162 Å². The van der Waals surface area contributed by atoms with Crippen LogP contribution in [0.25, 0.3) is 0 Å². The number of hydrogen-bond acceptors (Lipinski definition) is 6. The monoisotopic (exact) mass is 397 g/mol. The molecule has 0 bridgehead atoms. The number of nitrogens with one attached hydrogen (secondary N) is 1. The molecule has 1 aromatic rings. The lowest BCUT2D eigenvalue weighted by Crippen LogP contribution is -2.49. The van der Waals surface area contributed by atoms with E-state index in [0.29, 0.717) is 38.4 Å². The number of imide groups is 1. The van der Waals surface area contributed by atoms with Crippen molar-refractivity contribution in [1.29, 1.82) is 0 Å². The summed E-state index contributed by atoms with van der Waals surface area (Å²) >= 11 is 0. The Balaban J connectivity index is 1.68. The number of piperidine rings is 1. The second kappa shape index (κ2) is 8.93. The van der Waals surface area contributed by atoms with Gasteiger partial charge in [0.05, 0.1) is 5.92 Å². The summed E-state index contributed by atoms with van der Waals surface area (Å²) in [7, 11) is 3.17. The first-order valence-corrected chi connectivity index (χ1v) is 9.28. The fourth-order valence-corrected chi connectivity index (χ4v) is 3.70. The molecule has 0 aromatic heterocycles. The lowest BCUT2D eigenvalue weighted by molar-refractivity contribution is -0.134. The van der Waals surface area contributed by atoms with Gasteiger partial charge in [-0.3, -0.25) is 19.8 Å². The number of methoxy groups -OCH3 is 2. The predicted octanol–water partition coefficient (Wildman–Crippen LogP) is 1.23. The van der Waals surface area contributed by atoms with Crippen molar-refractivity contribution in [2.24, 2.45) is 0 Å². The van der Waals surface area contributed by atoms with Gasteiger partial charge in [-0.1, -0.05) is 0 Å². The summed E-state index contributed by atoms with van der Waals surface area (Å²) in [6.45, 7) is 3.26. The summed E-state index contributed by atoms with van der Waals surface area (Å²) < 4.78 is 39.8. The van der Waals surface area contributed by atoms with Gasteiger partial charge in [-0.15, -0.1) is 0 Å². The lowest BCUT2D eigenvalue weighted by atomic mass is 9.89. The van der Waals surface area contributed by atoms with E-state index in [1.807, 2.05) is 4.90 Å². The highest BCUT2D eigenvalue weighted by atomic mass is 19.1. The van der Waals surface area contributed by atoms with Crippen LogP contribution >= 0.6 is 0 Å². The van der Waals surface area contributed by atoms with E-state index in [2.05, 4.69) is 10.2 Å². The third kappa shape index (κ3) is 4.48. The number of amides is 2. The zero-order valence-corrected chi connectivity index (χ0v) is 16.0. The normalized spacial score (nSPS) is 21.3. The van der Waals surface area contributed by atoms with Gasteiger partial charge in [0, 0.05) is 64.6 Å². The molecule has 7 nitrogen and oxygen atoms in total. The molecular formula is C19H25F2N3O4. The summed E-state index contributed by atoms with van der Waals surface area (Å²) in [6, 6.07) is 2.54. The maximum atomic E-state index is 14.7. The Morgan fingerprint density at radius 1 is 1.11 bits per heavy atom. The highest BCUT2D eigenvalue weighted by molar-refractivity contribution is 6.01. The summed E-state index contributed by atoms with van der Waals surface area (Å²) in [5.41, 5.74) is 0.177. The number of anilines is 1. The first-order chi connectivity index (χ1) is 13.4. The summed E-state index contributed by atoms with van der Waals surface area (Å²) in [6.07, 6.45) is -0.131. The van der Waals surface area contributed by atoms with Gasteiger partial charge in [0.25, 0.3) is 0 Å². The molecule has 1 N–H and O–H groups in total. The molecular weight excluding hydrogens is 372 g/mol. The van der Waals surface area contributed by atoms with Crippen LogP contribution in [0.15, 0.2) is 12.1 Å². The van der Waals surface area contributed by atoms with E-state index in [-0.39, 0.29) is 24.7 Å². The van der Waals surface area contributed by atoms with Crippen molar-refractivity contribution in [3.63, 3.8) is 0 Å². The van der Waals surface area contributed by atoms with Crippen LogP contribution in [0.2, 0.25) is 0 Å². The highest BCUT2D eigenvalue weighted by Gasteiger charge is 2.33. The smallest absolute Gasteiger partial charge is 0.234 e. The second-order valence-corrected chi connectivity index (χ2v) is 7.02. The molecule has 1 aromatic carbocycles. The van der Waals surface area contributed by atoms with Crippen LogP contribution in [0.3, 0.4) is 0 Å². The first kappa shape index (κ1) is 20.6. The quantitative estimate of drug-likeness (QED) is 0.575. The molecule has 2 heterocycles. The van der Waals surface area contributed by atoms with Crippen molar-refractivity contribution in [3.8, 4) is 0 Å². The van der Waals surface area contributed by atoms with Crippen molar-refractivity contribution in [2.45, 2.75) is 25.0 Å². The number of nitrogens with zero attached hydrogens (tertiary/aromatic N) is 2. The predicted molar refractivity (Wildman–Crippen MR) is 97.9 cm³/mol. The molecule has 0 saturated carbocycles. The largest absolute Gasteiger partial charge is 0.369 e. The minimum Gasteiger partial charge on any atom is -0.369 e. The maximum absolute atomic E-state index is 14.7. The summed E-state index contributed by atoms with van der Waals surface area (Å²) in [5.74, 6) is -3.57. The van der Waals surface area contributed by atoms with Crippen molar-refractivity contribution in [1.82, 2.24) is 10.2 Å². The number of halogens is 2. The van der Waals surface area contributed by atoms with Gasteiger partial charge < -0.3 is 14.4 Å². The number of benzene rings is 1. The van der Waals surface area contributed by atoms with Gasteiger partial charge in [-0.25, -0.2) is 8.78 Å². The van der Waals surface area contributed by atoms with Gasteiger partial charge in [0.2, 0.25) is 11.8 Å². The van der Waals surface area contributed by atoms with Crippen molar-refractivity contribution >= 4 is 17.5 Å². The molecule has 0 aliphatic carbocycles. The van der Waals surface area contributed by atoms with Gasteiger partial charge in [0.15, 0.2) is 6.29 Å². The van der Waals surface area contributed by atoms with Crippen LogP contribution in [0.4, 0.5) is 14.5 Å². The topological polar surface area (TPSA) is 71.1 Å². The molecule has 0 radical (unpaired) electrons. The zero-order chi connectivity index (χ0) is 20.3. The Morgan fingerprint density at radius 2 is 1.71 bits per heavy atom. The highest BCUT2D eigenvalue weighted by Crippen LogP contribution is 2.32. The van der Waals surface area contributed by atoms with Crippen LogP contribution in [-0.2, 0) is 19.1 Å². The zero-order valence-electron chi connectivity index (χ0n) is 16.0. The molecule has 0 spiro atoms. The number of piperazine rings is 1. The summed E-state index contributed by atoms with van der Waals surface area (Å²) in [4.78, 5) is 27.3. The molecule has 154 valence electrons. The third-order valence-corrected chi connectivity index (χ3v) is 5.32. The Bertz CT molecular complexity index is 711. The SMILES string of the molecule is COC(CN1CCN(c2cc(F)c([C@H]3CCC(=O)NC3=O)c(F)c2)CC1)OC. The average Bonchev–Trinajstić information content (AvgIpc) is 2.67. The molecule has 2 amide bonds. The number of carbonyl (C=O) groups is 2. The standard InChI is InChI=1S/C19H25F2N3O4/c1-27-17(28-2)11-23-5-7-24(8-6-23)12-9-14(20)18(15(21)10-12)13-3-4-16(25)22-19(13)26/h9-10,13,17H,3-8,11H2,1-2H3,(H,22,25,26)/t13-/m1/s1. The minimum absolute atomic E-state index is 0.0724. The van der Waals surface area contributed by atoms with E-state index in [1.165, 1.54) is 12.1 Å². The molecule has 9 heteroatoms. The van der Waals surface area contributed by atoms with Crippen LogP contribution < -0.4 is 10.2 Å². The number of carbonyl (C=O) groups excluding carboxylic acids is 2. The molecule has 2 aliphatic rings. The van der Waals surface area contributed by atoms with Gasteiger partial charge >= 0.3 is 0 Å². The number of hydrogen-bond donors (Lipinski definition) is 1. The third-order valence-electron chi connectivity index (χ3n) is 5.32. The van der Waals surface area contributed by atoms with Crippen molar-refractivity contribution in [3.05, 3.63) is 29.3 Å². The fourth-order valence-electron chi connectivity index (χ4n) is 3.70. The molecule has 28 heavy (non-hydrogen) atoms. The van der Waals surface area contributed by atoms with Gasteiger partial charge in [-0.2, -0.15) is 0 Å². The molecule has 2 aliphatic heterocycles. The fraction of sp³-hybridized carbons (Fsp3) is 0.579. The van der Waals surface area contributed by atoms with Crippen LogP contribution in [0, 0.1) is 11.6 Å². The summed E-state index contributed by atoms with van der Waals surface area (Å²) in [5, 5.41) is 2.14. The molecule has 2 fully saturated rings. The minimum atomic E-state index is -0.983. The van der Waals surface area contributed by atoms with E-state index in [0.717, 1.165) is 0 Å². The van der Waals surface area contributed by atoms with Crippen molar-refractivity contribution < 1.29 is 27.8 Å². The van der Waals surface area contributed by atoms with Crippen LogP contribution in [-0.4, -0.2) is 69.9 Å².